The summed E-state index contributed by atoms with van der Waals surface area (Å²) in [6.45, 7) is 8.69. The summed E-state index contributed by atoms with van der Waals surface area (Å²) in [5, 5.41) is 2.90. The van der Waals surface area contributed by atoms with Crippen LogP contribution < -0.4 is 10.2 Å². The molecule has 5 heteroatoms. The number of anilines is 2. The van der Waals surface area contributed by atoms with Crippen LogP contribution in [0.3, 0.4) is 0 Å². The highest BCUT2D eigenvalue weighted by Crippen LogP contribution is 2.50. The van der Waals surface area contributed by atoms with Gasteiger partial charge in [0.1, 0.15) is 0 Å². The summed E-state index contributed by atoms with van der Waals surface area (Å²) in [6.07, 6.45) is 5.56. The number of hydrogen-bond donors (Lipinski definition) is 1. The summed E-state index contributed by atoms with van der Waals surface area (Å²) in [5.74, 6) is -0.0549. The molecule has 1 unspecified atom stereocenters. The van der Waals surface area contributed by atoms with Crippen LogP contribution in [0, 0.1) is 0 Å². The maximum Gasteiger partial charge on any atom is 0.251 e. The van der Waals surface area contributed by atoms with Gasteiger partial charge in [-0.25, -0.2) is 0 Å². The molecule has 28 heavy (non-hydrogen) atoms. The van der Waals surface area contributed by atoms with Crippen molar-refractivity contribution in [3.8, 4) is 0 Å². The van der Waals surface area contributed by atoms with E-state index in [0.29, 0.717) is 18.3 Å². The van der Waals surface area contributed by atoms with Gasteiger partial charge in [0.05, 0.1) is 17.5 Å². The van der Waals surface area contributed by atoms with E-state index in [4.69, 9.17) is 0 Å². The fourth-order valence-corrected chi connectivity index (χ4v) is 5.21. The van der Waals surface area contributed by atoms with Gasteiger partial charge in [0.15, 0.2) is 0 Å². The molecule has 2 heterocycles. The van der Waals surface area contributed by atoms with E-state index in [2.05, 4.69) is 65.0 Å². The van der Waals surface area contributed by atoms with Crippen molar-refractivity contribution in [2.75, 3.05) is 24.5 Å². The first-order valence-corrected chi connectivity index (χ1v) is 10.9. The number of amides is 1. The van der Waals surface area contributed by atoms with Crippen LogP contribution >= 0.6 is 11.8 Å². The number of rotatable bonds is 6. The standard InChI is InChI=1S/C23H27N3OS/c1-3-13-24-23(27)17-11-12-21-19(16-17)26(18-9-5-6-10-20(18)28-21)22(4-2)25-14-7-8-15-25/h3,5-6,9-12,16,22H,1,4,7-8,13-15H2,2H3,(H,24,27). The number of nitrogens with zero attached hydrogens (tertiary/aromatic N) is 2. The van der Waals surface area contributed by atoms with Gasteiger partial charge in [-0.05, 0) is 49.6 Å². The van der Waals surface area contributed by atoms with Crippen LogP contribution in [0.15, 0.2) is 64.9 Å². The van der Waals surface area contributed by atoms with Crippen LogP contribution in [0.1, 0.15) is 36.5 Å². The maximum absolute atomic E-state index is 12.5. The summed E-state index contributed by atoms with van der Waals surface area (Å²) in [5.41, 5.74) is 3.07. The Balaban J connectivity index is 1.78. The highest BCUT2D eigenvalue weighted by Gasteiger charge is 2.33. The lowest BCUT2D eigenvalue weighted by molar-refractivity contribution is 0.0958. The molecule has 2 aliphatic rings. The first-order valence-electron chi connectivity index (χ1n) is 10.1. The predicted octanol–water partition coefficient (Wildman–Crippen LogP) is 5.04. The maximum atomic E-state index is 12.5. The molecule has 1 atom stereocenters. The molecule has 4 rings (SSSR count). The minimum Gasteiger partial charge on any atom is -0.349 e. The largest absolute Gasteiger partial charge is 0.349 e. The normalized spacial score (nSPS) is 17.0. The van der Waals surface area contributed by atoms with Gasteiger partial charge in [-0.1, -0.05) is 36.9 Å². The first kappa shape index (κ1) is 19.1. The second-order valence-electron chi connectivity index (χ2n) is 7.25. The van der Waals surface area contributed by atoms with Gasteiger partial charge in [-0.2, -0.15) is 0 Å². The van der Waals surface area contributed by atoms with Crippen molar-refractivity contribution < 1.29 is 4.79 Å². The molecular weight excluding hydrogens is 366 g/mol. The van der Waals surface area contributed by atoms with Gasteiger partial charge >= 0.3 is 0 Å². The number of carbonyl (C=O) groups excluding carboxylic acids is 1. The molecule has 1 saturated heterocycles. The third kappa shape index (κ3) is 3.56. The molecule has 2 aliphatic heterocycles. The minimum atomic E-state index is -0.0549. The summed E-state index contributed by atoms with van der Waals surface area (Å²) in [6, 6.07) is 14.7. The van der Waals surface area contributed by atoms with Crippen molar-refractivity contribution >= 4 is 29.0 Å². The van der Waals surface area contributed by atoms with Crippen molar-refractivity contribution in [1.29, 1.82) is 0 Å². The number of fused-ring (bicyclic) bond motifs is 2. The second-order valence-corrected chi connectivity index (χ2v) is 8.34. The van der Waals surface area contributed by atoms with Crippen LogP contribution in [0.4, 0.5) is 11.4 Å². The van der Waals surface area contributed by atoms with Gasteiger partial charge in [-0.15, -0.1) is 6.58 Å². The number of benzene rings is 2. The average molecular weight is 394 g/mol. The molecular formula is C23H27N3OS. The number of carbonyl (C=O) groups is 1. The Morgan fingerprint density at radius 1 is 1.18 bits per heavy atom. The van der Waals surface area contributed by atoms with Crippen LogP contribution in [0.2, 0.25) is 0 Å². The molecule has 1 N–H and O–H groups in total. The molecule has 0 aromatic heterocycles. The van der Waals surface area contributed by atoms with E-state index in [1.807, 2.05) is 6.07 Å². The SMILES string of the molecule is C=CCNC(=O)c1ccc2c(c1)N(C(CC)N1CCCC1)c1ccccc1S2. The summed E-state index contributed by atoms with van der Waals surface area (Å²) in [4.78, 5) is 20.1. The van der Waals surface area contributed by atoms with E-state index in [1.165, 1.54) is 28.3 Å². The molecule has 1 amide bonds. The fraction of sp³-hybridized carbons (Fsp3) is 0.348. The van der Waals surface area contributed by atoms with E-state index in [9.17, 15) is 4.79 Å². The van der Waals surface area contributed by atoms with E-state index < -0.39 is 0 Å². The molecule has 0 bridgehead atoms. The topological polar surface area (TPSA) is 35.6 Å². The number of hydrogen-bond acceptors (Lipinski definition) is 4. The third-order valence-corrected chi connectivity index (χ3v) is 6.59. The third-order valence-electron chi connectivity index (χ3n) is 5.46. The average Bonchev–Trinajstić information content (AvgIpc) is 3.26. The summed E-state index contributed by atoms with van der Waals surface area (Å²) >= 11 is 1.79. The smallest absolute Gasteiger partial charge is 0.251 e. The molecule has 4 nitrogen and oxygen atoms in total. The van der Waals surface area contributed by atoms with E-state index in [-0.39, 0.29) is 5.91 Å². The number of nitrogens with one attached hydrogen (secondary N) is 1. The molecule has 146 valence electrons. The first-order chi connectivity index (χ1) is 13.7. The highest BCUT2D eigenvalue weighted by atomic mass is 32.2. The molecule has 2 aromatic carbocycles. The Morgan fingerprint density at radius 2 is 1.93 bits per heavy atom. The van der Waals surface area contributed by atoms with Gasteiger partial charge in [0.25, 0.3) is 5.91 Å². The molecule has 0 saturated carbocycles. The molecule has 0 radical (unpaired) electrons. The Kier molecular flexibility index (Phi) is 5.74. The summed E-state index contributed by atoms with van der Waals surface area (Å²) < 4.78 is 0. The molecule has 2 aromatic rings. The monoisotopic (exact) mass is 393 g/mol. The Hall–Kier alpha value is -2.24. The van der Waals surface area contributed by atoms with Gasteiger partial charge in [0.2, 0.25) is 0 Å². The van der Waals surface area contributed by atoms with Crippen molar-refractivity contribution in [3.05, 3.63) is 60.7 Å². The van der Waals surface area contributed by atoms with Crippen LogP contribution in [0.25, 0.3) is 0 Å². The number of likely N-dealkylation sites (tertiary alicyclic amines) is 1. The zero-order valence-electron chi connectivity index (χ0n) is 16.4. The van der Waals surface area contributed by atoms with Gasteiger partial charge in [-0.3, -0.25) is 9.69 Å². The lowest BCUT2D eigenvalue weighted by Gasteiger charge is -2.42. The van der Waals surface area contributed by atoms with Gasteiger partial charge in [0, 0.05) is 35.0 Å². The lowest BCUT2D eigenvalue weighted by atomic mass is 10.1. The molecule has 0 spiro atoms. The zero-order valence-corrected chi connectivity index (χ0v) is 17.2. The van der Waals surface area contributed by atoms with E-state index in [1.54, 1.807) is 17.8 Å². The van der Waals surface area contributed by atoms with Crippen molar-refractivity contribution in [1.82, 2.24) is 10.2 Å². The Bertz CT molecular complexity index is 876. The van der Waals surface area contributed by atoms with Gasteiger partial charge < -0.3 is 10.2 Å². The fourth-order valence-electron chi connectivity index (χ4n) is 4.16. The molecule has 1 fully saturated rings. The van der Waals surface area contributed by atoms with E-state index in [0.717, 1.165) is 25.2 Å². The van der Waals surface area contributed by atoms with Crippen LogP contribution in [-0.4, -0.2) is 36.6 Å². The minimum absolute atomic E-state index is 0.0549. The molecule has 0 aliphatic carbocycles. The lowest BCUT2D eigenvalue weighted by Crippen LogP contribution is -2.45. The quantitative estimate of drug-likeness (QED) is 0.698. The zero-order chi connectivity index (χ0) is 19.5. The van der Waals surface area contributed by atoms with Crippen molar-refractivity contribution in [2.24, 2.45) is 0 Å². The van der Waals surface area contributed by atoms with Crippen LogP contribution in [-0.2, 0) is 0 Å². The van der Waals surface area contributed by atoms with Crippen molar-refractivity contribution in [3.63, 3.8) is 0 Å². The predicted molar refractivity (Wildman–Crippen MR) is 117 cm³/mol. The summed E-state index contributed by atoms with van der Waals surface area (Å²) in [7, 11) is 0. The second kappa shape index (κ2) is 8.41. The Labute approximate surface area is 171 Å². The number of para-hydroxylation sites is 1. The van der Waals surface area contributed by atoms with Crippen LogP contribution in [0.5, 0.6) is 0 Å². The van der Waals surface area contributed by atoms with E-state index >= 15 is 0 Å². The Morgan fingerprint density at radius 3 is 2.68 bits per heavy atom. The van der Waals surface area contributed by atoms with Crippen molar-refractivity contribution in [2.45, 2.75) is 42.1 Å². The highest BCUT2D eigenvalue weighted by molar-refractivity contribution is 7.99.